The van der Waals surface area contributed by atoms with E-state index in [4.69, 9.17) is 19.1 Å². The van der Waals surface area contributed by atoms with Crippen molar-refractivity contribution in [2.75, 3.05) is 65.8 Å². The SMILES string of the molecule is O=C(/C(CCCO)=N/OC(=O)N1CCOCC1)c1ccc(Sc2ccc(C(=O)/C(CCCO)=N/OC(=O)N3CCOCC3)cc2)cc1. The second kappa shape index (κ2) is 18.9. The molecule has 2 aromatic rings. The Kier molecular flexibility index (Phi) is 14.3. The molecule has 252 valence electrons. The van der Waals surface area contributed by atoms with E-state index in [1.54, 1.807) is 48.5 Å². The van der Waals surface area contributed by atoms with Crippen LogP contribution in [-0.4, -0.2) is 121 Å². The predicted octanol–water partition coefficient (Wildman–Crippen LogP) is 3.40. The fourth-order valence-electron chi connectivity index (χ4n) is 4.51. The number of ether oxygens (including phenoxy) is 2. The minimum absolute atomic E-state index is 0.0269. The minimum atomic E-state index is -0.664. The van der Waals surface area contributed by atoms with Gasteiger partial charge in [-0.15, -0.1) is 0 Å². The van der Waals surface area contributed by atoms with Gasteiger partial charge < -0.3 is 29.5 Å². The highest BCUT2D eigenvalue weighted by atomic mass is 32.2. The summed E-state index contributed by atoms with van der Waals surface area (Å²) in [6.45, 7) is 2.80. The first-order chi connectivity index (χ1) is 22.9. The molecule has 2 heterocycles. The molecular formula is C32H38N4O10S. The summed E-state index contributed by atoms with van der Waals surface area (Å²) in [6, 6.07) is 13.6. The summed E-state index contributed by atoms with van der Waals surface area (Å²) in [5, 5.41) is 26.2. The normalized spacial score (nSPS) is 15.7. The highest BCUT2D eigenvalue weighted by molar-refractivity contribution is 7.99. The van der Waals surface area contributed by atoms with Crippen LogP contribution in [0.2, 0.25) is 0 Å². The monoisotopic (exact) mass is 670 g/mol. The lowest BCUT2D eigenvalue weighted by Gasteiger charge is -2.24. The van der Waals surface area contributed by atoms with Gasteiger partial charge in [0.15, 0.2) is 0 Å². The molecule has 0 spiro atoms. The van der Waals surface area contributed by atoms with Crippen LogP contribution in [0.1, 0.15) is 46.4 Å². The molecule has 2 aliphatic rings. The van der Waals surface area contributed by atoms with Gasteiger partial charge in [0.2, 0.25) is 11.6 Å². The molecule has 2 N–H and O–H groups in total. The zero-order valence-electron chi connectivity index (χ0n) is 25.9. The number of nitrogens with zero attached hydrogens (tertiary/aromatic N) is 4. The Labute approximate surface area is 276 Å². The molecule has 0 saturated carbocycles. The maximum Gasteiger partial charge on any atom is 0.436 e. The lowest BCUT2D eigenvalue weighted by atomic mass is 10.0. The number of oxime groups is 2. The highest BCUT2D eigenvalue weighted by Crippen LogP contribution is 2.28. The molecule has 2 aliphatic heterocycles. The molecule has 2 aromatic carbocycles. The quantitative estimate of drug-likeness (QED) is 0.130. The molecule has 2 fully saturated rings. The van der Waals surface area contributed by atoms with Gasteiger partial charge in [-0.3, -0.25) is 19.3 Å². The Hall–Kier alpha value is -4.15. The third kappa shape index (κ3) is 11.0. The molecule has 2 saturated heterocycles. The van der Waals surface area contributed by atoms with Gasteiger partial charge in [0, 0.05) is 60.3 Å². The van der Waals surface area contributed by atoms with Crippen LogP contribution in [0.4, 0.5) is 9.59 Å². The first-order valence-electron chi connectivity index (χ1n) is 15.3. The van der Waals surface area contributed by atoms with Crippen molar-refractivity contribution in [3.05, 3.63) is 59.7 Å². The van der Waals surface area contributed by atoms with Crippen LogP contribution in [0.3, 0.4) is 0 Å². The van der Waals surface area contributed by atoms with Crippen LogP contribution in [0.5, 0.6) is 0 Å². The standard InChI is InChI=1S/C32H38N4O10S/c37-17-1-3-27(33-45-31(41)35-13-19-43-20-14-35)29(39)23-5-9-25(10-6-23)47-26-11-7-24(8-12-26)30(40)28(4-2-18-38)34-46-32(42)36-15-21-44-22-16-36/h5-12,37-38H,1-4,13-22H2/b33-27+,34-28+. The van der Waals surface area contributed by atoms with Crippen molar-refractivity contribution in [3.8, 4) is 0 Å². The molecule has 0 aliphatic carbocycles. The van der Waals surface area contributed by atoms with E-state index in [0.29, 0.717) is 63.7 Å². The Balaban J connectivity index is 1.37. The summed E-state index contributed by atoms with van der Waals surface area (Å²) in [5.74, 6) is -0.830. The third-order valence-corrected chi connectivity index (χ3v) is 8.16. The minimum Gasteiger partial charge on any atom is -0.396 e. The van der Waals surface area contributed by atoms with Crippen LogP contribution in [0.15, 0.2) is 68.6 Å². The summed E-state index contributed by atoms with van der Waals surface area (Å²) in [4.78, 5) is 65.6. The van der Waals surface area contributed by atoms with Crippen LogP contribution in [0.25, 0.3) is 0 Å². The fourth-order valence-corrected chi connectivity index (χ4v) is 5.32. The molecule has 47 heavy (non-hydrogen) atoms. The number of aliphatic hydroxyl groups excluding tert-OH is 2. The van der Waals surface area contributed by atoms with Gasteiger partial charge in [0.05, 0.1) is 26.4 Å². The van der Waals surface area contributed by atoms with Gasteiger partial charge in [0.1, 0.15) is 11.4 Å². The maximum atomic E-state index is 13.2. The summed E-state index contributed by atoms with van der Waals surface area (Å²) >= 11 is 1.41. The van der Waals surface area contributed by atoms with Crippen molar-refractivity contribution in [1.29, 1.82) is 0 Å². The highest BCUT2D eigenvalue weighted by Gasteiger charge is 2.22. The van der Waals surface area contributed by atoms with E-state index < -0.39 is 23.8 Å². The van der Waals surface area contributed by atoms with E-state index in [-0.39, 0.29) is 50.3 Å². The van der Waals surface area contributed by atoms with Crippen molar-refractivity contribution >= 4 is 46.9 Å². The molecule has 0 unspecified atom stereocenters. The van der Waals surface area contributed by atoms with E-state index in [2.05, 4.69) is 10.3 Å². The van der Waals surface area contributed by atoms with Gasteiger partial charge in [-0.2, -0.15) is 0 Å². The predicted molar refractivity (Wildman–Crippen MR) is 171 cm³/mol. The number of Topliss-reactive ketones (excluding diaryl/α,β-unsaturated/α-hetero) is 2. The number of carbonyl (C=O) groups excluding carboxylic acids is 4. The number of aliphatic hydroxyl groups is 2. The average Bonchev–Trinajstić information content (AvgIpc) is 3.12. The summed E-state index contributed by atoms with van der Waals surface area (Å²) in [5.41, 5.74) is 0.745. The number of amides is 2. The zero-order chi connectivity index (χ0) is 33.4. The van der Waals surface area contributed by atoms with Gasteiger partial charge in [-0.1, -0.05) is 22.1 Å². The van der Waals surface area contributed by atoms with Gasteiger partial charge in [-0.05, 0) is 74.2 Å². The number of benzene rings is 2. The van der Waals surface area contributed by atoms with Crippen molar-refractivity contribution in [2.45, 2.75) is 35.5 Å². The van der Waals surface area contributed by atoms with Gasteiger partial charge in [0.25, 0.3) is 0 Å². The second-order valence-electron chi connectivity index (χ2n) is 10.5. The van der Waals surface area contributed by atoms with Crippen molar-refractivity contribution in [2.24, 2.45) is 10.3 Å². The van der Waals surface area contributed by atoms with Crippen LogP contribution < -0.4 is 0 Å². The van der Waals surface area contributed by atoms with E-state index >= 15 is 0 Å². The topological polar surface area (TPSA) is 177 Å². The van der Waals surface area contributed by atoms with Gasteiger partial charge >= 0.3 is 12.2 Å². The smallest absolute Gasteiger partial charge is 0.396 e. The first-order valence-corrected chi connectivity index (χ1v) is 16.1. The largest absolute Gasteiger partial charge is 0.436 e. The van der Waals surface area contributed by atoms with E-state index in [1.807, 2.05) is 0 Å². The molecule has 0 atom stereocenters. The molecule has 2 amide bonds. The molecule has 14 nitrogen and oxygen atoms in total. The van der Waals surface area contributed by atoms with Crippen molar-refractivity contribution in [1.82, 2.24) is 9.80 Å². The van der Waals surface area contributed by atoms with Crippen LogP contribution in [-0.2, 0) is 19.1 Å². The Morgan fingerprint density at radius 3 is 1.34 bits per heavy atom. The molecule has 0 aromatic heterocycles. The number of hydrogen-bond acceptors (Lipinski definition) is 13. The van der Waals surface area contributed by atoms with E-state index in [1.165, 1.54) is 21.6 Å². The van der Waals surface area contributed by atoms with Crippen LogP contribution in [0, 0.1) is 0 Å². The molecule has 0 radical (unpaired) electrons. The zero-order valence-corrected chi connectivity index (χ0v) is 26.7. The summed E-state index contributed by atoms with van der Waals surface area (Å²) < 4.78 is 10.5. The Bertz CT molecular complexity index is 1310. The molecule has 4 rings (SSSR count). The number of carbonyl (C=O) groups is 4. The number of hydrogen-bond donors (Lipinski definition) is 2. The third-order valence-electron chi connectivity index (χ3n) is 7.14. The Morgan fingerprint density at radius 2 is 1.00 bits per heavy atom. The van der Waals surface area contributed by atoms with E-state index in [9.17, 15) is 29.4 Å². The second-order valence-corrected chi connectivity index (χ2v) is 11.6. The summed E-state index contributed by atoms with van der Waals surface area (Å²) in [7, 11) is 0. The molecule has 15 heteroatoms. The van der Waals surface area contributed by atoms with Crippen LogP contribution >= 0.6 is 11.8 Å². The fraction of sp³-hybridized carbons (Fsp3) is 0.438. The van der Waals surface area contributed by atoms with E-state index in [0.717, 1.165) is 9.79 Å². The number of rotatable bonds is 14. The molecule has 0 bridgehead atoms. The molecular weight excluding hydrogens is 632 g/mol. The number of ketones is 2. The summed E-state index contributed by atoms with van der Waals surface area (Å²) in [6.07, 6.45) is -0.501. The lowest BCUT2D eigenvalue weighted by molar-refractivity contribution is 0.0277. The average molecular weight is 671 g/mol. The first kappa shape index (κ1) is 35.7. The number of morpholine rings is 2. The van der Waals surface area contributed by atoms with Crippen molar-refractivity contribution < 1.29 is 48.5 Å². The Morgan fingerprint density at radius 1 is 0.638 bits per heavy atom. The lowest BCUT2D eigenvalue weighted by Crippen LogP contribution is -2.40. The van der Waals surface area contributed by atoms with Crippen molar-refractivity contribution in [3.63, 3.8) is 0 Å². The maximum absolute atomic E-state index is 13.2. The van der Waals surface area contributed by atoms with Gasteiger partial charge in [-0.25, -0.2) is 9.59 Å².